The molecule has 1 aromatic carbocycles. The summed E-state index contributed by atoms with van der Waals surface area (Å²) in [7, 11) is 3.03. The van der Waals surface area contributed by atoms with Gasteiger partial charge in [0.05, 0.1) is 19.8 Å². The van der Waals surface area contributed by atoms with E-state index in [1.54, 1.807) is 18.2 Å². The fraction of sp³-hybridized carbons (Fsp3) is 0.455. The number of aromatic carboxylic acids is 1. The van der Waals surface area contributed by atoms with E-state index in [0.29, 0.717) is 28.0 Å². The SMILES string of the molecule is COc1ccc(C(=O)Nc2sc3c(c2C(=O)O)CCC(C(C)(C)C)C3)cc1OC. The van der Waals surface area contributed by atoms with E-state index in [0.717, 1.165) is 29.7 Å². The molecular weight excluding hydrogens is 390 g/mol. The van der Waals surface area contributed by atoms with Crippen molar-refractivity contribution in [2.75, 3.05) is 19.5 Å². The van der Waals surface area contributed by atoms with E-state index >= 15 is 0 Å². The van der Waals surface area contributed by atoms with Gasteiger partial charge in [0.1, 0.15) is 5.00 Å². The van der Waals surface area contributed by atoms with Crippen LogP contribution in [0.1, 0.15) is 58.3 Å². The van der Waals surface area contributed by atoms with Gasteiger partial charge in [0, 0.05) is 10.4 Å². The molecule has 2 aromatic rings. The van der Waals surface area contributed by atoms with E-state index in [1.807, 2.05) is 0 Å². The van der Waals surface area contributed by atoms with Crippen molar-refractivity contribution in [1.29, 1.82) is 0 Å². The smallest absolute Gasteiger partial charge is 0.339 e. The average Bonchev–Trinajstić information content (AvgIpc) is 3.03. The van der Waals surface area contributed by atoms with E-state index in [4.69, 9.17) is 9.47 Å². The maximum absolute atomic E-state index is 12.8. The third kappa shape index (κ3) is 4.24. The molecule has 0 bridgehead atoms. The van der Waals surface area contributed by atoms with Gasteiger partial charge in [-0.25, -0.2) is 4.79 Å². The number of amides is 1. The van der Waals surface area contributed by atoms with Gasteiger partial charge in [0.2, 0.25) is 0 Å². The van der Waals surface area contributed by atoms with Crippen LogP contribution in [0, 0.1) is 11.3 Å². The third-order valence-corrected chi connectivity index (χ3v) is 6.75. The summed E-state index contributed by atoms with van der Waals surface area (Å²) in [5.74, 6) is 0.0793. The Kier molecular flexibility index (Phi) is 5.89. The molecule has 156 valence electrons. The second-order valence-electron chi connectivity index (χ2n) is 8.34. The molecule has 1 atom stereocenters. The molecule has 1 aromatic heterocycles. The predicted molar refractivity (Wildman–Crippen MR) is 114 cm³/mol. The fourth-order valence-electron chi connectivity index (χ4n) is 3.79. The molecule has 6 nitrogen and oxygen atoms in total. The van der Waals surface area contributed by atoms with Gasteiger partial charge >= 0.3 is 5.97 Å². The highest BCUT2D eigenvalue weighted by atomic mass is 32.1. The van der Waals surface area contributed by atoms with Crippen LogP contribution in [0.15, 0.2) is 18.2 Å². The van der Waals surface area contributed by atoms with Gasteiger partial charge in [-0.1, -0.05) is 20.8 Å². The first-order chi connectivity index (χ1) is 13.7. The number of fused-ring (bicyclic) bond motifs is 1. The molecule has 0 spiro atoms. The Bertz CT molecular complexity index is 941. The zero-order chi connectivity index (χ0) is 21.3. The standard InChI is InChI=1S/C22H27NO5S/c1-22(2,3)13-7-8-14-17(11-13)29-20(18(14)21(25)26)23-19(24)12-6-9-15(27-4)16(10-12)28-5/h6,9-10,13H,7-8,11H2,1-5H3,(H,23,24)(H,25,26). The summed E-state index contributed by atoms with van der Waals surface area (Å²) in [6, 6.07) is 4.86. The van der Waals surface area contributed by atoms with Crippen molar-refractivity contribution in [2.24, 2.45) is 11.3 Å². The number of anilines is 1. The molecule has 0 aliphatic heterocycles. The lowest BCUT2D eigenvalue weighted by Crippen LogP contribution is -2.26. The highest BCUT2D eigenvalue weighted by molar-refractivity contribution is 7.17. The highest BCUT2D eigenvalue weighted by Crippen LogP contribution is 2.44. The van der Waals surface area contributed by atoms with E-state index in [2.05, 4.69) is 26.1 Å². The van der Waals surface area contributed by atoms with Crippen LogP contribution in [0.2, 0.25) is 0 Å². The van der Waals surface area contributed by atoms with Crippen molar-refractivity contribution in [3.63, 3.8) is 0 Å². The molecule has 1 aliphatic carbocycles. The predicted octanol–water partition coefficient (Wildman–Crippen LogP) is 4.87. The molecular formula is C22H27NO5S. The number of thiophene rings is 1. The lowest BCUT2D eigenvalue weighted by atomic mass is 9.72. The summed E-state index contributed by atoms with van der Waals surface area (Å²) in [6.07, 6.45) is 2.52. The van der Waals surface area contributed by atoms with E-state index in [1.165, 1.54) is 25.6 Å². The number of carbonyl (C=O) groups is 2. The Hall–Kier alpha value is -2.54. The molecule has 0 radical (unpaired) electrons. The Morgan fingerprint density at radius 1 is 1.17 bits per heavy atom. The lowest BCUT2D eigenvalue weighted by molar-refractivity contribution is 0.0696. The minimum Gasteiger partial charge on any atom is -0.493 e. The number of hydrogen-bond acceptors (Lipinski definition) is 5. The average molecular weight is 418 g/mol. The van der Waals surface area contributed by atoms with Crippen LogP contribution in [-0.2, 0) is 12.8 Å². The summed E-state index contributed by atoms with van der Waals surface area (Å²) in [5.41, 5.74) is 1.63. The topological polar surface area (TPSA) is 84.9 Å². The first kappa shape index (κ1) is 21.2. The largest absolute Gasteiger partial charge is 0.493 e. The molecule has 7 heteroatoms. The maximum atomic E-state index is 12.8. The quantitative estimate of drug-likeness (QED) is 0.725. The van der Waals surface area contributed by atoms with Gasteiger partial charge in [-0.05, 0) is 54.4 Å². The van der Waals surface area contributed by atoms with Crippen LogP contribution in [0.25, 0.3) is 0 Å². The molecule has 29 heavy (non-hydrogen) atoms. The number of carbonyl (C=O) groups excluding carboxylic acids is 1. The summed E-state index contributed by atoms with van der Waals surface area (Å²) in [4.78, 5) is 25.8. The van der Waals surface area contributed by atoms with E-state index in [-0.39, 0.29) is 16.9 Å². The van der Waals surface area contributed by atoms with Crippen molar-refractivity contribution in [2.45, 2.75) is 40.0 Å². The van der Waals surface area contributed by atoms with Crippen LogP contribution in [0.3, 0.4) is 0 Å². The van der Waals surface area contributed by atoms with Crippen LogP contribution in [0.5, 0.6) is 11.5 Å². The van der Waals surface area contributed by atoms with Crippen molar-refractivity contribution >= 4 is 28.2 Å². The number of methoxy groups -OCH3 is 2. The monoisotopic (exact) mass is 417 g/mol. The molecule has 2 N–H and O–H groups in total. The van der Waals surface area contributed by atoms with Crippen LogP contribution < -0.4 is 14.8 Å². The number of carboxylic acids is 1. The van der Waals surface area contributed by atoms with Crippen LogP contribution >= 0.6 is 11.3 Å². The summed E-state index contributed by atoms with van der Waals surface area (Å²) in [6.45, 7) is 6.65. The van der Waals surface area contributed by atoms with Crippen molar-refractivity contribution in [3.05, 3.63) is 39.8 Å². The molecule has 0 fully saturated rings. The van der Waals surface area contributed by atoms with Crippen LogP contribution in [0.4, 0.5) is 5.00 Å². The maximum Gasteiger partial charge on any atom is 0.339 e. The summed E-state index contributed by atoms with van der Waals surface area (Å²) >= 11 is 1.38. The first-order valence-corrected chi connectivity index (χ1v) is 10.4. The molecule has 0 saturated carbocycles. The summed E-state index contributed by atoms with van der Waals surface area (Å²) in [5, 5.41) is 13.0. The van der Waals surface area contributed by atoms with E-state index in [9.17, 15) is 14.7 Å². The number of benzene rings is 1. The molecule has 1 unspecified atom stereocenters. The minimum atomic E-state index is -1.00. The zero-order valence-corrected chi connectivity index (χ0v) is 18.2. The van der Waals surface area contributed by atoms with Gasteiger partial charge in [0.15, 0.2) is 11.5 Å². The molecule has 1 amide bonds. The van der Waals surface area contributed by atoms with Gasteiger partial charge < -0.3 is 19.9 Å². The van der Waals surface area contributed by atoms with Gasteiger partial charge in [-0.2, -0.15) is 0 Å². The van der Waals surface area contributed by atoms with Crippen molar-refractivity contribution in [3.8, 4) is 11.5 Å². The first-order valence-electron chi connectivity index (χ1n) is 9.57. The molecule has 1 heterocycles. The Balaban J connectivity index is 1.91. The summed E-state index contributed by atoms with van der Waals surface area (Å²) < 4.78 is 10.5. The van der Waals surface area contributed by atoms with Crippen LogP contribution in [-0.4, -0.2) is 31.2 Å². The zero-order valence-electron chi connectivity index (χ0n) is 17.4. The van der Waals surface area contributed by atoms with Crippen molar-refractivity contribution < 1.29 is 24.2 Å². The Morgan fingerprint density at radius 3 is 2.45 bits per heavy atom. The van der Waals surface area contributed by atoms with Crippen molar-refractivity contribution in [1.82, 2.24) is 0 Å². The van der Waals surface area contributed by atoms with E-state index < -0.39 is 5.97 Å². The number of rotatable bonds is 5. The van der Waals surface area contributed by atoms with Gasteiger partial charge in [0.25, 0.3) is 5.91 Å². The minimum absolute atomic E-state index is 0.161. The number of nitrogens with one attached hydrogen (secondary N) is 1. The Labute approximate surface area is 174 Å². The normalized spacial score (nSPS) is 16.1. The van der Waals surface area contributed by atoms with Gasteiger partial charge in [-0.3, -0.25) is 4.79 Å². The van der Waals surface area contributed by atoms with Gasteiger partial charge in [-0.15, -0.1) is 11.3 Å². The molecule has 3 rings (SSSR count). The third-order valence-electron chi connectivity index (χ3n) is 5.58. The fourth-order valence-corrected chi connectivity index (χ4v) is 5.11. The Morgan fingerprint density at radius 2 is 1.86 bits per heavy atom. The second-order valence-corrected chi connectivity index (χ2v) is 9.45. The number of ether oxygens (including phenoxy) is 2. The molecule has 0 saturated heterocycles. The lowest BCUT2D eigenvalue weighted by Gasteiger charge is -2.33. The highest BCUT2D eigenvalue weighted by Gasteiger charge is 2.34. The molecule has 1 aliphatic rings. The number of hydrogen-bond donors (Lipinski definition) is 2. The second kappa shape index (κ2) is 8.06. The number of carboxylic acid groups (broad SMARTS) is 1.